The van der Waals surface area contributed by atoms with Crippen LogP contribution in [0.3, 0.4) is 0 Å². The Morgan fingerprint density at radius 1 is 1.18 bits per heavy atom. The van der Waals surface area contributed by atoms with Gasteiger partial charge in [-0.3, -0.25) is 4.79 Å². The van der Waals surface area contributed by atoms with Crippen molar-refractivity contribution in [2.45, 2.75) is 32.9 Å². The Kier molecular flexibility index (Phi) is 5.16. The van der Waals surface area contributed by atoms with Gasteiger partial charge < -0.3 is 10.1 Å². The first-order valence-corrected chi connectivity index (χ1v) is 5.95. The smallest absolute Gasteiger partial charge is 0.309 e. The Morgan fingerprint density at radius 3 is 2.29 bits per heavy atom. The highest BCUT2D eigenvalue weighted by Crippen LogP contribution is 2.15. The predicted octanol–water partition coefficient (Wildman–Crippen LogP) is 2.53. The van der Waals surface area contributed by atoms with Gasteiger partial charge in [-0.1, -0.05) is 37.3 Å². The largest absolute Gasteiger partial charge is 0.469 e. The van der Waals surface area contributed by atoms with Gasteiger partial charge in [0.2, 0.25) is 0 Å². The molecule has 0 aliphatic rings. The number of rotatable bonds is 5. The third-order valence-electron chi connectivity index (χ3n) is 3.14. The number of ether oxygens (including phenoxy) is 1. The maximum atomic E-state index is 11.4. The number of esters is 1. The zero-order chi connectivity index (χ0) is 12.8. The van der Waals surface area contributed by atoms with E-state index in [0.29, 0.717) is 0 Å². The maximum absolute atomic E-state index is 11.4. The van der Waals surface area contributed by atoms with E-state index in [0.717, 1.165) is 0 Å². The molecule has 0 fully saturated rings. The van der Waals surface area contributed by atoms with Gasteiger partial charge in [0.05, 0.1) is 13.0 Å². The van der Waals surface area contributed by atoms with E-state index >= 15 is 0 Å². The predicted molar refractivity (Wildman–Crippen MR) is 68.6 cm³/mol. The van der Waals surface area contributed by atoms with Crippen LogP contribution < -0.4 is 5.32 Å². The fraction of sp³-hybridized carbons (Fsp3) is 0.500. The summed E-state index contributed by atoms with van der Waals surface area (Å²) >= 11 is 0. The highest BCUT2D eigenvalue weighted by molar-refractivity contribution is 5.72. The molecule has 17 heavy (non-hydrogen) atoms. The van der Waals surface area contributed by atoms with Crippen LogP contribution >= 0.6 is 0 Å². The van der Waals surface area contributed by atoms with Gasteiger partial charge in [-0.05, 0) is 19.4 Å². The fourth-order valence-electron chi connectivity index (χ4n) is 1.77. The van der Waals surface area contributed by atoms with Crippen molar-refractivity contribution in [1.82, 2.24) is 5.32 Å². The molecule has 2 unspecified atom stereocenters. The summed E-state index contributed by atoms with van der Waals surface area (Å²) in [5, 5.41) is 3.41. The van der Waals surface area contributed by atoms with E-state index in [9.17, 15) is 4.79 Å². The number of hydrogen-bond donors (Lipinski definition) is 1. The molecule has 3 nitrogen and oxygen atoms in total. The van der Waals surface area contributed by atoms with E-state index in [1.807, 2.05) is 32.0 Å². The average molecular weight is 235 g/mol. The first-order valence-electron chi connectivity index (χ1n) is 5.95. The Balaban J connectivity index is 2.57. The SMILES string of the molecule is COC(=O)C(C)C(C)N[C@@H](C)c1ccccc1. The van der Waals surface area contributed by atoms with Gasteiger partial charge in [0, 0.05) is 12.1 Å². The molecule has 0 saturated heterocycles. The van der Waals surface area contributed by atoms with Crippen molar-refractivity contribution in [2.24, 2.45) is 5.92 Å². The molecule has 0 amide bonds. The van der Waals surface area contributed by atoms with Gasteiger partial charge >= 0.3 is 5.97 Å². The third kappa shape index (κ3) is 3.86. The minimum atomic E-state index is -0.176. The Bertz CT molecular complexity index is 350. The van der Waals surface area contributed by atoms with Gasteiger partial charge in [-0.2, -0.15) is 0 Å². The molecule has 94 valence electrons. The molecule has 1 aromatic carbocycles. The summed E-state index contributed by atoms with van der Waals surface area (Å²) in [6.07, 6.45) is 0. The number of benzene rings is 1. The number of nitrogens with one attached hydrogen (secondary N) is 1. The number of methoxy groups -OCH3 is 1. The third-order valence-corrected chi connectivity index (χ3v) is 3.14. The van der Waals surface area contributed by atoms with E-state index in [4.69, 9.17) is 4.74 Å². The van der Waals surface area contributed by atoms with Crippen molar-refractivity contribution in [2.75, 3.05) is 7.11 Å². The van der Waals surface area contributed by atoms with Gasteiger partial charge in [-0.15, -0.1) is 0 Å². The summed E-state index contributed by atoms with van der Waals surface area (Å²) in [6, 6.07) is 10.5. The first kappa shape index (κ1) is 13.7. The van der Waals surface area contributed by atoms with Crippen molar-refractivity contribution in [1.29, 1.82) is 0 Å². The van der Waals surface area contributed by atoms with E-state index in [1.54, 1.807) is 0 Å². The summed E-state index contributed by atoms with van der Waals surface area (Å²) in [6.45, 7) is 5.97. The normalized spacial score (nSPS) is 16.0. The van der Waals surface area contributed by atoms with Crippen LogP contribution in [-0.4, -0.2) is 19.1 Å². The highest BCUT2D eigenvalue weighted by Gasteiger charge is 2.22. The lowest BCUT2D eigenvalue weighted by Gasteiger charge is -2.24. The van der Waals surface area contributed by atoms with Crippen molar-refractivity contribution >= 4 is 5.97 Å². The molecule has 0 heterocycles. The zero-order valence-corrected chi connectivity index (χ0v) is 10.9. The molecule has 0 aliphatic carbocycles. The quantitative estimate of drug-likeness (QED) is 0.797. The zero-order valence-electron chi connectivity index (χ0n) is 10.9. The molecule has 0 radical (unpaired) electrons. The Hall–Kier alpha value is -1.35. The number of hydrogen-bond acceptors (Lipinski definition) is 3. The van der Waals surface area contributed by atoms with E-state index in [-0.39, 0.29) is 24.0 Å². The highest BCUT2D eigenvalue weighted by atomic mass is 16.5. The molecule has 3 atom stereocenters. The second-order valence-corrected chi connectivity index (χ2v) is 4.40. The summed E-state index contributed by atoms with van der Waals surface area (Å²) in [5.74, 6) is -0.323. The maximum Gasteiger partial charge on any atom is 0.309 e. The van der Waals surface area contributed by atoms with Crippen LogP contribution in [0.15, 0.2) is 30.3 Å². The van der Waals surface area contributed by atoms with Crippen LogP contribution in [0.5, 0.6) is 0 Å². The topological polar surface area (TPSA) is 38.3 Å². The van der Waals surface area contributed by atoms with Crippen LogP contribution in [0, 0.1) is 5.92 Å². The molecule has 1 aromatic rings. The molecule has 0 saturated carbocycles. The van der Waals surface area contributed by atoms with E-state index in [1.165, 1.54) is 12.7 Å². The minimum absolute atomic E-state index is 0.0812. The second kappa shape index (κ2) is 6.40. The van der Waals surface area contributed by atoms with Gasteiger partial charge in [0.25, 0.3) is 0 Å². The molecular formula is C14H21NO2. The van der Waals surface area contributed by atoms with Crippen molar-refractivity contribution in [3.8, 4) is 0 Å². The Morgan fingerprint density at radius 2 is 1.76 bits per heavy atom. The Labute approximate surface area is 103 Å². The molecule has 1 N–H and O–H groups in total. The standard InChI is InChI=1S/C14H21NO2/c1-10(14(16)17-4)11(2)15-12(3)13-8-6-5-7-9-13/h5-12,15H,1-4H3/t10?,11?,12-/m0/s1. The molecule has 0 aliphatic heterocycles. The van der Waals surface area contributed by atoms with E-state index < -0.39 is 0 Å². The van der Waals surface area contributed by atoms with E-state index in [2.05, 4.69) is 24.4 Å². The number of carbonyl (C=O) groups excluding carboxylic acids is 1. The average Bonchev–Trinajstić information content (AvgIpc) is 2.37. The first-order chi connectivity index (χ1) is 8.06. The van der Waals surface area contributed by atoms with Crippen LogP contribution in [0.25, 0.3) is 0 Å². The van der Waals surface area contributed by atoms with Crippen LogP contribution in [0.4, 0.5) is 0 Å². The van der Waals surface area contributed by atoms with Gasteiger partial charge in [0.15, 0.2) is 0 Å². The van der Waals surface area contributed by atoms with Crippen molar-refractivity contribution in [3.63, 3.8) is 0 Å². The lowest BCUT2D eigenvalue weighted by atomic mass is 10.0. The molecule has 0 aromatic heterocycles. The van der Waals surface area contributed by atoms with Crippen molar-refractivity contribution < 1.29 is 9.53 Å². The lowest BCUT2D eigenvalue weighted by molar-refractivity contribution is -0.145. The summed E-state index contributed by atoms with van der Waals surface area (Å²) < 4.78 is 4.74. The minimum Gasteiger partial charge on any atom is -0.469 e. The monoisotopic (exact) mass is 235 g/mol. The fourth-order valence-corrected chi connectivity index (χ4v) is 1.77. The van der Waals surface area contributed by atoms with Crippen LogP contribution in [-0.2, 0) is 9.53 Å². The van der Waals surface area contributed by atoms with Crippen LogP contribution in [0.1, 0.15) is 32.4 Å². The lowest BCUT2D eigenvalue weighted by Crippen LogP contribution is -2.38. The summed E-state index contributed by atoms with van der Waals surface area (Å²) in [4.78, 5) is 11.4. The molecular weight excluding hydrogens is 214 g/mol. The summed E-state index contributed by atoms with van der Waals surface area (Å²) in [7, 11) is 1.42. The molecule has 1 rings (SSSR count). The van der Waals surface area contributed by atoms with Crippen molar-refractivity contribution in [3.05, 3.63) is 35.9 Å². The van der Waals surface area contributed by atoms with Gasteiger partial charge in [0.1, 0.15) is 0 Å². The van der Waals surface area contributed by atoms with Gasteiger partial charge in [-0.25, -0.2) is 0 Å². The molecule has 0 bridgehead atoms. The number of carbonyl (C=O) groups is 1. The second-order valence-electron chi connectivity index (χ2n) is 4.40. The van der Waals surface area contributed by atoms with Crippen LogP contribution in [0.2, 0.25) is 0 Å². The summed E-state index contributed by atoms with van der Waals surface area (Å²) in [5.41, 5.74) is 1.22. The molecule has 0 spiro atoms. The molecule has 3 heteroatoms.